The van der Waals surface area contributed by atoms with Gasteiger partial charge < -0.3 is 14.2 Å². The van der Waals surface area contributed by atoms with Crippen molar-refractivity contribution in [3.8, 4) is 0 Å². The summed E-state index contributed by atoms with van der Waals surface area (Å²) in [7, 11) is 1.42. The number of benzene rings is 1. The number of unbranched alkanes of at least 4 members (excludes halogenated alkanes) is 3. The maximum absolute atomic E-state index is 12.7. The van der Waals surface area contributed by atoms with E-state index in [-0.39, 0.29) is 11.9 Å². The van der Waals surface area contributed by atoms with E-state index < -0.39 is 0 Å². The molecule has 0 unspecified atom stereocenters. The van der Waals surface area contributed by atoms with Crippen LogP contribution in [0.4, 0.5) is 0 Å². The molecule has 0 saturated heterocycles. The Labute approximate surface area is 175 Å². The van der Waals surface area contributed by atoms with E-state index in [1.54, 1.807) is 0 Å². The van der Waals surface area contributed by atoms with Crippen molar-refractivity contribution < 1.29 is 14.3 Å². The van der Waals surface area contributed by atoms with Gasteiger partial charge in [0.05, 0.1) is 7.11 Å². The Hall–Kier alpha value is -1.82. The van der Waals surface area contributed by atoms with Crippen LogP contribution in [-0.2, 0) is 33.8 Å². The van der Waals surface area contributed by atoms with Crippen LogP contribution in [-0.4, -0.2) is 35.0 Å². The van der Waals surface area contributed by atoms with Crippen molar-refractivity contribution in [3.05, 3.63) is 33.9 Å². The predicted molar refractivity (Wildman–Crippen MR) is 114 cm³/mol. The topological polar surface area (TPSA) is 51.5 Å². The number of nitrogens with zero attached hydrogens (tertiary/aromatic N) is 2. The first-order valence-corrected chi connectivity index (χ1v) is 11.0. The van der Waals surface area contributed by atoms with Gasteiger partial charge in [0.25, 0.3) is 0 Å². The number of aromatic nitrogens is 1. The predicted octanol–water partition coefficient (Wildman–Crippen LogP) is 4.82. The second-order valence-electron chi connectivity index (χ2n) is 7.39. The van der Waals surface area contributed by atoms with Gasteiger partial charge >= 0.3 is 5.97 Å². The molecule has 2 aromatic rings. The molecule has 1 aliphatic heterocycles. The number of halogens is 1. The minimum absolute atomic E-state index is 0.155. The summed E-state index contributed by atoms with van der Waals surface area (Å²) in [5.41, 5.74) is 3.94. The van der Waals surface area contributed by atoms with Gasteiger partial charge in [0.1, 0.15) is 0 Å². The molecule has 0 fully saturated rings. The largest absolute Gasteiger partial charge is 0.469 e. The quantitative estimate of drug-likeness (QED) is 0.429. The highest BCUT2D eigenvalue weighted by Gasteiger charge is 2.26. The molecule has 1 aromatic heterocycles. The molecule has 3 rings (SSSR count). The summed E-state index contributed by atoms with van der Waals surface area (Å²) in [6.07, 6.45) is 5.62. The molecule has 152 valence electrons. The number of esters is 1. The van der Waals surface area contributed by atoms with Gasteiger partial charge in [-0.2, -0.15) is 0 Å². The van der Waals surface area contributed by atoms with Crippen LogP contribution in [0.25, 0.3) is 10.9 Å². The molecule has 1 aliphatic rings. The zero-order valence-electron chi connectivity index (χ0n) is 16.8. The number of ether oxygens (including phenoxy) is 1. The van der Waals surface area contributed by atoms with Gasteiger partial charge in [-0.3, -0.25) is 9.59 Å². The number of fused-ring (bicyclic) bond motifs is 3. The van der Waals surface area contributed by atoms with Gasteiger partial charge in [-0.05, 0) is 38.0 Å². The third-order valence-corrected chi connectivity index (χ3v) is 6.13. The number of carbonyl (C=O) groups excluding carboxylic acids is 2. The Morgan fingerprint density at radius 2 is 1.89 bits per heavy atom. The average molecular weight is 449 g/mol. The Balaban J connectivity index is 1.57. The van der Waals surface area contributed by atoms with E-state index in [9.17, 15) is 9.59 Å². The lowest BCUT2D eigenvalue weighted by Crippen LogP contribution is -2.36. The van der Waals surface area contributed by atoms with E-state index in [0.29, 0.717) is 19.4 Å². The Morgan fingerprint density at radius 1 is 1.14 bits per heavy atom. The van der Waals surface area contributed by atoms with Crippen LogP contribution >= 0.6 is 15.9 Å². The van der Waals surface area contributed by atoms with Crippen LogP contribution in [0.2, 0.25) is 0 Å². The highest BCUT2D eigenvalue weighted by atomic mass is 79.9. The van der Waals surface area contributed by atoms with Gasteiger partial charge in [0.2, 0.25) is 5.91 Å². The number of amides is 1. The van der Waals surface area contributed by atoms with Crippen molar-refractivity contribution in [3.63, 3.8) is 0 Å². The van der Waals surface area contributed by atoms with Crippen molar-refractivity contribution >= 4 is 38.7 Å². The van der Waals surface area contributed by atoms with Crippen LogP contribution < -0.4 is 0 Å². The summed E-state index contributed by atoms with van der Waals surface area (Å²) < 4.78 is 8.11. The highest BCUT2D eigenvalue weighted by molar-refractivity contribution is 9.10. The number of carbonyl (C=O) groups is 2. The lowest BCUT2D eigenvalue weighted by Gasteiger charge is -2.28. The smallest absolute Gasteiger partial charge is 0.305 e. The number of hydrogen-bond donors (Lipinski definition) is 0. The molecule has 0 bridgehead atoms. The lowest BCUT2D eigenvalue weighted by molar-refractivity contribution is -0.140. The van der Waals surface area contributed by atoms with Gasteiger partial charge in [0, 0.05) is 65.5 Å². The molecule has 1 aromatic carbocycles. The minimum Gasteiger partial charge on any atom is -0.469 e. The maximum atomic E-state index is 12.7. The Morgan fingerprint density at radius 3 is 2.61 bits per heavy atom. The molecule has 0 saturated carbocycles. The Bertz CT molecular complexity index is 859. The molecule has 0 N–H and O–H groups in total. The van der Waals surface area contributed by atoms with Crippen LogP contribution in [0.3, 0.4) is 0 Å². The molecule has 5 nitrogen and oxygen atoms in total. The molecule has 0 spiro atoms. The maximum Gasteiger partial charge on any atom is 0.305 e. The van der Waals surface area contributed by atoms with Gasteiger partial charge in [-0.1, -0.05) is 28.8 Å². The first kappa shape index (κ1) is 20.9. The van der Waals surface area contributed by atoms with Crippen LogP contribution in [0.1, 0.15) is 56.7 Å². The minimum atomic E-state index is -0.155. The SMILES string of the molecule is CCn1c2c(c3cc(Br)ccc31)CN(C(=O)CCCCCCC(=O)OC)CC2. The van der Waals surface area contributed by atoms with Crippen molar-refractivity contribution in [1.82, 2.24) is 9.47 Å². The molecule has 0 radical (unpaired) electrons. The normalized spacial score (nSPS) is 13.6. The molecule has 2 heterocycles. The number of hydrogen-bond acceptors (Lipinski definition) is 3. The first-order chi connectivity index (χ1) is 13.5. The molecular formula is C22H29BrN2O3. The molecule has 0 atom stereocenters. The summed E-state index contributed by atoms with van der Waals surface area (Å²) in [6.45, 7) is 4.63. The summed E-state index contributed by atoms with van der Waals surface area (Å²) in [5, 5.41) is 1.26. The van der Waals surface area contributed by atoms with Crippen molar-refractivity contribution in [2.75, 3.05) is 13.7 Å². The molecule has 28 heavy (non-hydrogen) atoms. The van der Waals surface area contributed by atoms with Gasteiger partial charge in [0.15, 0.2) is 0 Å². The van der Waals surface area contributed by atoms with Gasteiger partial charge in [-0.25, -0.2) is 0 Å². The lowest BCUT2D eigenvalue weighted by atomic mass is 10.0. The molecule has 0 aliphatic carbocycles. The third kappa shape index (κ3) is 4.59. The van der Waals surface area contributed by atoms with Crippen LogP contribution in [0.5, 0.6) is 0 Å². The van der Waals surface area contributed by atoms with E-state index >= 15 is 0 Å². The standard InChI is InChI=1S/C22H29BrN2O3/c1-3-25-19-11-10-16(23)14-17(19)18-15-24(13-12-20(18)25)21(26)8-6-4-5-7-9-22(27)28-2/h10-11,14H,3-9,12-13,15H2,1-2H3. The van der Waals surface area contributed by atoms with Crippen LogP contribution in [0.15, 0.2) is 22.7 Å². The number of methoxy groups -OCH3 is 1. The fourth-order valence-corrected chi connectivity index (χ4v) is 4.52. The zero-order chi connectivity index (χ0) is 20.1. The molecule has 1 amide bonds. The Kier molecular flexibility index (Phi) is 7.16. The van der Waals surface area contributed by atoms with Crippen LogP contribution in [0, 0.1) is 0 Å². The fraction of sp³-hybridized carbons (Fsp3) is 0.545. The first-order valence-electron chi connectivity index (χ1n) is 10.2. The second kappa shape index (κ2) is 9.59. The van der Waals surface area contributed by atoms with E-state index in [1.807, 2.05) is 4.90 Å². The monoisotopic (exact) mass is 448 g/mol. The highest BCUT2D eigenvalue weighted by Crippen LogP contribution is 2.33. The summed E-state index contributed by atoms with van der Waals surface area (Å²) >= 11 is 3.59. The van der Waals surface area contributed by atoms with E-state index in [2.05, 4.69) is 50.4 Å². The van der Waals surface area contributed by atoms with Crippen molar-refractivity contribution in [2.24, 2.45) is 0 Å². The summed E-state index contributed by atoms with van der Waals surface area (Å²) in [6, 6.07) is 6.43. The van der Waals surface area contributed by atoms with Gasteiger partial charge in [-0.15, -0.1) is 0 Å². The zero-order valence-corrected chi connectivity index (χ0v) is 18.4. The van der Waals surface area contributed by atoms with Crippen molar-refractivity contribution in [1.29, 1.82) is 0 Å². The molecular weight excluding hydrogens is 420 g/mol. The van der Waals surface area contributed by atoms with E-state index in [4.69, 9.17) is 0 Å². The number of aryl methyl sites for hydroxylation is 1. The van der Waals surface area contributed by atoms with E-state index in [1.165, 1.54) is 29.3 Å². The fourth-order valence-electron chi connectivity index (χ4n) is 4.16. The second-order valence-corrected chi connectivity index (χ2v) is 8.30. The van der Waals surface area contributed by atoms with E-state index in [0.717, 1.165) is 49.7 Å². The summed E-state index contributed by atoms with van der Waals surface area (Å²) in [5.74, 6) is 0.0871. The third-order valence-electron chi connectivity index (χ3n) is 5.63. The summed E-state index contributed by atoms with van der Waals surface area (Å²) in [4.78, 5) is 25.8. The number of rotatable bonds is 8. The molecule has 6 heteroatoms. The average Bonchev–Trinajstić information content (AvgIpc) is 3.02. The van der Waals surface area contributed by atoms with Crippen molar-refractivity contribution in [2.45, 2.75) is 65.0 Å².